The van der Waals surface area contributed by atoms with Crippen LogP contribution in [0.3, 0.4) is 0 Å². The van der Waals surface area contributed by atoms with Gasteiger partial charge in [-0.3, -0.25) is 0 Å². The Balaban J connectivity index is 1.96. The van der Waals surface area contributed by atoms with Crippen molar-refractivity contribution >= 4 is 21.4 Å². The summed E-state index contributed by atoms with van der Waals surface area (Å²) in [4.78, 5) is 2.06. The van der Waals surface area contributed by atoms with Gasteiger partial charge < -0.3 is 14.7 Å². The number of aliphatic hydroxyl groups is 1. The molecule has 1 atom stereocenters. The molecule has 0 radical (unpaired) electrons. The van der Waals surface area contributed by atoms with Gasteiger partial charge in [-0.1, -0.05) is 18.2 Å². The lowest BCUT2D eigenvalue weighted by Crippen LogP contribution is -2.19. The highest BCUT2D eigenvalue weighted by Crippen LogP contribution is 2.29. The monoisotopic (exact) mass is 265 g/mol. The van der Waals surface area contributed by atoms with Crippen molar-refractivity contribution in [1.29, 1.82) is 0 Å². The third kappa shape index (κ3) is 3.29. The number of aliphatic hydroxyl groups excluding tert-OH is 1. The first-order valence-corrected chi connectivity index (χ1v) is 6.93. The molecule has 0 bridgehead atoms. The molecule has 18 heavy (non-hydrogen) atoms. The van der Waals surface area contributed by atoms with Crippen molar-refractivity contribution in [2.45, 2.75) is 6.10 Å². The fourth-order valence-corrected chi connectivity index (χ4v) is 2.77. The van der Waals surface area contributed by atoms with Crippen molar-refractivity contribution in [1.82, 2.24) is 4.90 Å². The van der Waals surface area contributed by atoms with Gasteiger partial charge in [0, 0.05) is 16.8 Å². The van der Waals surface area contributed by atoms with Crippen LogP contribution in [0.5, 0.6) is 0 Å². The second-order valence-corrected chi connectivity index (χ2v) is 5.50. The number of fused-ring (bicyclic) bond motifs is 1. The van der Waals surface area contributed by atoms with Crippen molar-refractivity contribution in [2.75, 3.05) is 33.9 Å². The standard InChI is InChI=1S/C14H19NO2S/c1-15(2)7-8-17-10-13(16)12-5-3-4-11-6-9-18-14(11)12/h3-6,9,13,16H,7-8,10H2,1-2H3. The zero-order chi connectivity index (χ0) is 13.0. The molecule has 2 aromatic rings. The summed E-state index contributed by atoms with van der Waals surface area (Å²) >= 11 is 1.66. The maximum absolute atomic E-state index is 10.2. The summed E-state index contributed by atoms with van der Waals surface area (Å²) in [6.07, 6.45) is -0.547. The molecule has 98 valence electrons. The van der Waals surface area contributed by atoms with Gasteiger partial charge in [-0.15, -0.1) is 11.3 Å². The lowest BCUT2D eigenvalue weighted by Gasteiger charge is -2.14. The van der Waals surface area contributed by atoms with E-state index in [1.165, 1.54) is 5.39 Å². The number of ether oxygens (including phenoxy) is 1. The SMILES string of the molecule is CN(C)CCOCC(O)c1cccc2ccsc12. The molecule has 0 fully saturated rings. The van der Waals surface area contributed by atoms with Crippen LogP contribution in [0.4, 0.5) is 0 Å². The van der Waals surface area contributed by atoms with Crippen LogP contribution in [0.25, 0.3) is 10.1 Å². The molecule has 2 rings (SSSR count). The number of benzene rings is 1. The summed E-state index contributed by atoms with van der Waals surface area (Å²) in [6.45, 7) is 1.87. The molecule has 1 aromatic carbocycles. The van der Waals surface area contributed by atoms with Crippen LogP contribution in [0.1, 0.15) is 11.7 Å². The van der Waals surface area contributed by atoms with Crippen LogP contribution in [0.2, 0.25) is 0 Å². The van der Waals surface area contributed by atoms with Crippen LogP contribution in [-0.4, -0.2) is 43.9 Å². The highest BCUT2D eigenvalue weighted by atomic mass is 32.1. The van der Waals surface area contributed by atoms with E-state index in [1.54, 1.807) is 11.3 Å². The van der Waals surface area contributed by atoms with E-state index in [4.69, 9.17) is 4.74 Å². The molecule has 1 N–H and O–H groups in total. The van der Waals surface area contributed by atoms with Crippen molar-refractivity contribution in [3.63, 3.8) is 0 Å². The highest BCUT2D eigenvalue weighted by Gasteiger charge is 2.12. The molecule has 4 heteroatoms. The van der Waals surface area contributed by atoms with E-state index < -0.39 is 6.10 Å². The number of likely N-dealkylation sites (N-methyl/N-ethyl adjacent to an activating group) is 1. The minimum atomic E-state index is -0.547. The summed E-state index contributed by atoms with van der Waals surface area (Å²) < 4.78 is 6.65. The molecule has 1 aromatic heterocycles. The Bertz CT molecular complexity index is 495. The van der Waals surface area contributed by atoms with Crippen molar-refractivity contribution in [2.24, 2.45) is 0 Å². The van der Waals surface area contributed by atoms with Gasteiger partial charge in [-0.25, -0.2) is 0 Å². The summed E-state index contributed by atoms with van der Waals surface area (Å²) in [5.41, 5.74) is 0.965. The third-order valence-electron chi connectivity index (χ3n) is 2.83. The molecule has 0 saturated carbocycles. The molecule has 0 saturated heterocycles. The average molecular weight is 265 g/mol. The van der Waals surface area contributed by atoms with E-state index in [1.807, 2.05) is 31.6 Å². The maximum Gasteiger partial charge on any atom is 0.104 e. The second kappa shape index (κ2) is 6.29. The van der Waals surface area contributed by atoms with E-state index >= 15 is 0 Å². The molecular formula is C14H19NO2S. The lowest BCUT2D eigenvalue weighted by molar-refractivity contribution is 0.0314. The number of hydrogen-bond acceptors (Lipinski definition) is 4. The molecule has 0 aliphatic heterocycles. The number of nitrogens with zero attached hydrogens (tertiary/aromatic N) is 1. The first-order valence-electron chi connectivity index (χ1n) is 6.05. The van der Waals surface area contributed by atoms with Gasteiger partial charge in [-0.05, 0) is 30.9 Å². The summed E-state index contributed by atoms with van der Waals surface area (Å²) in [5, 5.41) is 13.4. The van der Waals surface area contributed by atoms with Gasteiger partial charge in [0.2, 0.25) is 0 Å². The largest absolute Gasteiger partial charge is 0.386 e. The van der Waals surface area contributed by atoms with E-state index in [-0.39, 0.29) is 0 Å². The summed E-state index contributed by atoms with van der Waals surface area (Å²) in [7, 11) is 4.01. The molecule has 0 aliphatic rings. The van der Waals surface area contributed by atoms with E-state index in [9.17, 15) is 5.11 Å². The molecule has 1 heterocycles. The normalized spacial score (nSPS) is 13.3. The number of thiophene rings is 1. The highest BCUT2D eigenvalue weighted by molar-refractivity contribution is 7.17. The Morgan fingerprint density at radius 3 is 2.94 bits per heavy atom. The van der Waals surface area contributed by atoms with Crippen LogP contribution in [0.15, 0.2) is 29.6 Å². The third-order valence-corrected chi connectivity index (χ3v) is 3.81. The Morgan fingerprint density at radius 2 is 2.17 bits per heavy atom. The number of rotatable bonds is 6. The molecular weight excluding hydrogens is 246 g/mol. The number of hydrogen-bond donors (Lipinski definition) is 1. The minimum absolute atomic E-state index is 0.352. The zero-order valence-corrected chi connectivity index (χ0v) is 11.6. The van der Waals surface area contributed by atoms with Crippen molar-refractivity contribution < 1.29 is 9.84 Å². The fourth-order valence-electron chi connectivity index (χ4n) is 1.81. The van der Waals surface area contributed by atoms with E-state index in [2.05, 4.69) is 17.0 Å². The van der Waals surface area contributed by atoms with Gasteiger partial charge >= 0.3 is 0 Å². The lowest BCUT2D eigenvalue weighted by atomic mass is 10.1. The fraction of sp³-hybridized carbons (Fsp3) is 0.429. The van der Waals surface area contributed by atoms with E-state index in [0.29, 0.717) is 13.2 Å². The van der Waals surface area contributed by atoms with Crippen LogP contribution >= 0.6 is 11.3 Å². The Kier molecular flexibility index (Phi) is 4.72. The van der Waals surface area contributed by atoms with Crippen molar-refractivity contribution in [3.8, 4) is 0 Å². The van der Waals surface area contributed by atoms with Crippen LogP contribution < -0.4 is 0 Å². The molecule has 0 aliphatic carbocycles. The first-order chi connectivity index (χ1) is 8.68. The minimum Gasteiger partial charge on any atom is -0.386 e. The van der Waals surface area contributed by atoms with E-state index in [0.717, 1.165) is 16.8 Å². The predicted molar refractivity (Wildman–Crippen MR) is 76.2 cm³/mol. The molecule has 3 nitrogen and oxygen atoms in total. The van der Waals surface area contributed by atoms with Gasteiger partial charge in [-0.2, -0.15) is 0 Å². The van der Waals surface area contributed by atoms with Crippen molar-refractivity contribution in [3.05, 3.63) is 35.2 Å². The maximum atomic E-state index is 10.2. The predicted octanol–water partition coefficient (Wildman–Crippen LogP) is 2.51. The molecule has 0 amide bonds. The molecule has 0 spiro atoms. The Morgan fingerprint density at radius 1 is 1.33 bits per heavy atom. The average Bonchev–Trinajstić information content (AvgIpc) is 2.82. The van der Waals surface area contributed by atoms with Crippen LogP contribution in [-0.2, 0) is 4.74 Å². The first kappa shape index (κ1) is 13.5. The summed E-state index contributed by atoms with van der Waals surface area (Å²) in [5.74, 6) is 0. The van der Waals surface area contributed by atoms with Gasteiger partial charge in [0.05, 0.1) is 13.2 Å². The Labute approximate surface area is 112 Å². The second-order valence-electron chi connectivity index (χ2n) is 4.58. The van der Waals surface area contributed by atoms with Gasteiger partial charge in [0.25, 0.3) is 0 Å². The van der Waals surface area contributed by atoms with Gasteiger partial charge in [0.15, 0.2) is 0 Å². The zero-order valence-electron chi connectivity index (χ0n) is 10.8. The molecule has 1 unspecified atom stereocenters. The smallest absolute Gasteiger partial charge is 0.104 e. The topological polar surface area (TPSA) is 32.7 Å². The quantitative estimate of drug-likeness (QED) is 0.815. The Hall–Kier alpha value is -0.940. The van der Waals surface area contributed by atoms with Gasteiger partial charge in [0.1, 0.15) is 6.10 Å². The summed E-state index contributed by atoms with van der Waals surface area (Å²) in [6, 6.07) is 8.09. The van der Waals surface area contributed by atoms with Crippen LogP contribution in [0, 0.1) is 0 Å².